The van der Waals surface area contributed by atoms with Crippen LogP contribution >= 0.6 is 0 Å². The molecule has 0 bridgehead atoms. The fraction of sp³-hybridized carbons (Fsp3) is 0.533. The molecule has 0 saturated carbocycles. The predicted molar refractivity (Wildman–Crippen MR) is 73.7 cm³/mol. The lowest BCUT2D eigenvalue weighted by Crippen LogP contribution is -2.24. The van der Waals surface area contributed by atoms with E-state index in [1.165, 1.54) is 0 Å². The van der Waals surface area contributed by atoms with E-state index in [2.05, 4.69) is 13.8 Å². The van der Waals surface area contributed by atoms with E-state index in [0.29, 0.717) is 12.3 Å². The highest BCUT2D eigenvalue weighted by Crippen LogP contribution is 2.29. The van der Waals surface area contributed by atoms with Crippen LogP contribution in [0.1, 0.15) is 32.3 Å². The predicted octanol–water partition coefficient (Wildman–Crippen LogP) is 2.31. The Morgan fingerprint density at radius 3 is 2.95 bits per heavy atom. The summed E-state index contributed by atoms with van der Waals surface area (Å²) in [7, 11) is 0. The maximum atomic E-state index is 11.7. The fourth-order valence-electron chi connectivity index (χ4n) is 2.30. The van der Waals surface area contributed by atoms with E-state index in [0.717, 1.165) is 18.4 Å². The molecule has 1 saturated heterocycles. The first-order chi connectivity index (χ1) is 8.94. The maximum absolute atomic E-state index is 11.7. The average molecular weight is 263 g/mol. The zero-order chi connectivity index (χ0) is 13.9. The molecule has 1 heterocycles. The number of ether oxygens (including phenoxy) is 2. The highest BCUT2D eigenvalue weighted by atomic mass is 16.6. The minimum absolute atomic E-state index is 0.0276. The Labute approximate surface area is 113 Å². The second-order valence-electron chi connectivity index (χ2n) is 5.64. The summed E-state index contributed by atoms with van der Waals surface area (Å²) in [6, 6.07) is 7.28. The standard InChI is InChI=1S/C15H21NO3/c1-15(2)7-6-13(19-15)10-18-14(17)9-11-4-3-5-12(16)8-11/h3-5,8,13H,6-7,9-10,16H2,1-2H3. The molecule has 0 aliphatic carbocycles. The molecule has 1 aliphatic heterocycles. The van der Waals surface area contributed by atoms with Crippen LogP contribution < -0.4 is 5.73 Å². The molecule has 1 aromatic rings. The number of nitrogen functional groups attached to an aromatic ring is 1. The number of anilines is 1. The minimum Gasteiger partial charge on any atom is -0.463 e. The molecular weight excluding hydrogens is 242 g/mol. The number of benzene rings is 1. The number of esters is 1. The number of nitrogens with two attached hydrogens (primary N) is 1. The van der Waals surface area contributed by atoms with E-state index in [-0.39, 0.29) is 24.1 Å². The van der Waals surface area contributed by atoms with Gasteiger partial charge in [0.15, 0.2) is 0 Å². The van der Waals surface area contributed by atoms with Gasteiger partial charge in [-0.25, -0.2) is 0 Å². The normalized spacial score (nSPS) is 21.3. The Morgan fingerprint density at radius 1 is 1.53 bits per heavy atom. The van der Waals surface area contributed by atoms with Crippen molar-refractivity contribution in [3.8, 4) is 0 Å². The van der Waals surface area contributed by atoms with Crippen molar-refractivity contribution in [2.75, 3.05) is 12.3 Å². The zero-order valence-corrected chi connectivity index (χ0v) is 11.5. The Bertz CT molecular complexity index is 456. The van der Waals surface area contributed by atoms with Gasteiger partial charge < -0.3 is 15.2 Å². The summed E-state index contributed by atoms with van der Waals surface area (Å²) < 4.78 is 11.0. The zero-order valence-electron chi connectivity index (χ0n) is 11.5. The van der Waals surface area contributed by atoms with Crippen LogP contribution in [0.2, 0.25) is 0 Å². The summed E-state index contributed by atoms with van der Waals surface area (Å²) in [5, 5.41) is 0. The molecule has 19 heavy (non-hydrogen) atoms. The van der Waals surface area contributed by atoms with Crippen LogP contribution in [0.15, 0.2) is 24.3 Å². The molecule has 2 rings (SSSR count). The van der Waals surface area contributed by atoms with E-state index in [1.807, 2.05) is 12.1 Å². The molecule has 1 aromatic carbocycles. The van der Waals surface area contributed by atoms with Crippen molar-refractivity contribution in [3.63, 3.8) is 0 Å². The van der Waals surface area contributed by atoms with Crippen LogP contribution in [0.25, 0.3) is 0 Å². The summed E-state index contributed by atoms with van der Waals surface area (Å²) >= 11 is 0. The number of hydrogen-bond donors (Lipinski definition) is 1. The van der Waals surface area contributed by atoms with Gasteiger partial charge in [-0.2, -0.15) is 0 Å². The Morgan fingerprint density at radius 2 is 2.32 bits per heavy atom. The summed E-state index contributed by atoms with van der Waals surface area (Å²) in [6.45, 7) is 4.45. The summed E-state index contributed by atoms with van der Waals surface area (Å²) in [5.41, 5.74) is 7.10. The molecule has 0 aromatic heterocycles. The molecule has 4 nitrogen and oxygen atoms in total. The minimum atomic E-state index is -0.237. The third-order valence-corrected chi connectivity index (χ3v) is 3.28. The Balaban J connectivity index is 1.76. The molecule has 0 spiro atoms. The third-order valence-electron chi connectivity index (χ3n) is 3.28. The van der Waals surface area contributed by atoms with Crippen LogP contribution in [0.4, 0.5) is 5.69 Å². The highest BCUT2D eigenvalue weighted by Gasteiger charge is 2.32. The molecule has 1 fully saturated rings. The van der Waals surface area contributed by atoms with Crippen molar-refractivity contribution >= 4 is 11.7 Å². The van der Waals surface area contributed by atoms with E-state index >= 15 is 0 Å². The Kier molecular flexibility index (Phi) is 4.10. The summed E-state index contributed by atoms with van der Waals surface area (Å²) in [4.78, 5) is 11.7. The van der Waals surface area contributed by atoms with Crippen LogP contribution in [-0.4, -0.2) is 24.3 Å². The van der Waals surface area contributed by atoms with E-state index in [1.54, 1.807) is 12.1 Å². The first kappa shape index (κ1) is 13.9. The molecule has 2 N–H and O–H groups in total. The van der Waals surface area contributed by atoms with Gasteiger partial charge in [-0.05, 0) is 44.4 Å². The lowest BCUT2D eigenvalue weighted by Gasteiger charge is -2.19. The van der Waals surface area contributed by atoms with Gasteiger partial charge >= 0.3 is 5.97 Å². The molecule has 0 amide bonds. The van der Waals surface area contributed by atoms with Crippen molar-refractivity contribution in [1.82, 2.24) is 0 Å². The number of carbonyl (C=O) groups excluding carboxylic acids is 1. The van der Waals surface area contributed by atoms with Crippen LogP contribution in [0.3, 0.4) is 0 Å². The van der Waals surface area contributed by atoms with Gasteiger partial charge in [-0.3, -0.25) is 4.79 Å². The quantitative estimate of drug-likeness (QED) is 0.669. The first-order valence-electron chi connectivity index (χ1n) is 6.62. The fourth-order valence-corrected chi connectivity index (χ4v) is 2.30. The lowest BCUT2D eigenvalue weighted by atomic mass is 10.1. The van der Waals surface area contributed by atoms with E-state index in [9.17, 15) is 4.79 Å². The van der Waals surface area contributed by atoms with Gasteiger partial charge in [0, 0.05) is 5.69 Å². The number of hydrogen-bond acceptors (Lipinski definition) is 4. The first-order valence-corrected chi connectivity index (χ1v) is 6.62. The Hall–Kier alpha value is -1.55. The summed E-state index contributed by atoms with van der Waals surface area (Å²) in [5.74, 6) is -0.237. The van der Waals surface area contributed by atoms with Gasteiger partial charge in [0.25, 0.3) is 0 Å². The van der Waals surface area contributed by atoms with E-state index in [4.69, 9.17) is 15.2 Å². The average Bonchev–Trinajstić information content (AvgIpc) is 2.66. The molecule has 0 radical (unpaired) electrons. The van der Waals surface area contributed by atoms with Crippen molar-refractivity contribution in [2.24, 2.45) is 0 Å². The largest absolute Gasteiger partial charge is 0.463 e. The maximum Gasteiger partial charge on any atom is 0.310 e. The van der Waals surface area contributed by atoms with Gasteiger partial charge in [0.1, 0.15) is 6.61 Å². The topological polar surface area (TPSA) is 61.5 Å². The molecule has 4 heteroatoms. The smallest absolute Gasteiger partial charge is 0.310 e. The molecule has 1 aliphatic rings. The molecule has 104 valence electrons. The monoisotopic (exact) mass is 263 g/mol. The van der Waals surface area contributed by atoms with Crippen molar-refractivity contribution in [3.05, 3.63) is 29.8 Å². The van der Waals surface area contributed by atoms with Crippen LogP contribution in [0, 0.1) is 0 Å². The highest BCUT2D eigenvalue weighted by molar-refractivity contribution is 5.73. The third kappa shape index (κ3) is 4.24. The summed E-state index contributed by atoms with van der Waals surface area (Å²) in [6.07, 6.45) is 2.23. The molecule has 1 unspecified atom stereocenters. The van der Waals surface area contributed by atoms with Crippen LogP contribution in [-0.2, 0) is 20.7 Å². The lowest BCUT2D eigenvalue weighted by molar-refractivity contribution is -0.148. The SMILES string of the molecule is CC1(C)CCC(COC(=O)Cc2cccc(N)c2)O1. The van der Waals surface area contributed by atoms with Gasteiger partial charge in [0.05, 0.1) is 18.1 Å². The van der Waals surface area contributed by atoms with E-state index < -0.39 is 0 Å². The second-order valence-corrected chi connectivity index (χ2v) is 5.64. The molecule has 1 atom stereocenters. The van der Waals surface area contributed by atoms with Crippen molar-refractivity contribution < 1.29 is 14.3 Å². The van der Waals surface area contributed by atoms with Gasteiger partial charge in [-0.15, -0.1) is 0 Å². The number of carbonyl (C=O) groups is 1. The van der Waals surface area contributed by atoms with Crippen molar-refractivity contribution in [2.45, 2.75) is 44.8 Å². The molecular formula is C15H21NO3. The van der Waals surface area contributed by atoms with Crippen molar-refractivity contribution in [1.29, 1.82) is 0 Å². The second kappa shape index (κ2) is 5.61. The van der Waals surface area contributed by atoms with Crippen LogP contribution in [0.5, 0.6) is 0 Å². The van der Waals surface area contributed by atoms with Gasteiger partial charge in [0.2, 0.25) is 0 Å². The number of rotatable bonds is 4. The van der Waals surface area contributed by atoms with Gasteiger partial charge in [-0.1, -0.05) is 12.1 Å².